The number of hydrogen-bond donors (Lipinski definition) is 2. The number of benzene rings is 3. The highest BCUT2D eigenvalue weighted by atomic mass is 16.5. The molecule has 0 unspecified atom stereocenters. The van der Waals surface area contributed by atoms with E-state index in [4.69, 9.17) is 14.2 Å². The molecule has 3 atom stereocenters. The van der Waals surface area contributed by atoms with Crippen molar-refractivity contribution in [3.63, 3.8) is 0 Å². The maximum atomic E-state index is 14.5. The number of ether oxygens (including phenoxy) is 3. The predicted molar refractivity (Wildman–Crippen MR) is 175 cm³/mol. The number of methoxy groups -OCH3 is 2. The van der Waals surface area contributed by atoms with Gasteiger partial charge in [-0.05, 0) is 36.2 Å². The molecule has 0 fully saturated rings. The van der Waals surface area contributed by atoms with Crippen LogP contribution in [0.4, 0.5) is 10.5 Å². The van der Waals surface area contributed by atoms with Crippen LogP contribution in [0.1, 0.15) is 29.9 Å². The van der Waals surface area contributed by atoms with Crippen LogP contribution in [0.25, 0.3) is 22.0 Å². The monoisotopic (exact) mass is 614 g/mol. The Kier molecular flexibility index (Phi) is 9.65. The Morgan fingerprint density at radius 3 is 2.58 bits per heavy atom. The van der Waals surface area contributed by atoms with Crippen molar-refractivity contribution in [2.24, 2.45) is 13.0 Å². The van der Waals surface area contributed by atoms with Crippen molar-refractivity contribution in [2.75, 3.05) is 46.3 Å². The highest BCUT2D eigenvalue weighted by Crippen LogP contribution is 2.38. The third kappa shape index (κ3) is 6.34. The lowest BCUT2D eigenvalue weighted by Gasteiger charge is -2.35. The highest BCUT2D eigenvalue weighted by Gasteiger charge is 2.34. The summed E-state index contributed by atoms with van der Waals surface area (Å²) in [6.45, 7) is 4.55. The Hall–Kier alpha value is -4.54. The Morgan fingerprint density at radius 2 is 1.84 bits per heavy atom. The van der Waals surface area contributed by atoms with Gasteiger partial charge in [0, 0.05) is 55.6 Å². The van der Waals surface area contributed by atoms with Gasteiger partial charge >= 0.3 is 6.03 Å². The molecular formula is C35H42N4O6. The van der Waals surface area contributed by atoms with Gasteiger partial charge in [-0.1, -0.05) is 49.4 Å². The molecule has 3 amide bonds. The van der Waals surface area contributed by atoms with Crippen LogP contribution in [-0.4, -0.2) is 84.5 Å². The van der Waals surface area contributed by atoms with E-state index in [2.05, 4.69) is 5.32 Å². The zero-order valence-electron chi connectivity index (χ0n) is 26.7. The first-order valence-corrected chi connectivity index (χ1v) is 15.1. The van der Waals surface area contributed by atoms with Gasteiger partial charge in [0.1, 0.15) is 17.2 Å². The number of aliphatic hydroxyl groups excluding tert-OH is 1. The number of aliphatic hydroxyl groups is 1. The van der Waals surface area contributed by atoms with Crippen molar-refractivity contribution in [3.8, 4) is 22.6 Å². The number of fused-ring (bicyclic) bond motifs is 5. The molecule has 1 aromatic heterocycles. The molecule has 5 rings (SSSR count). The summed E-state index contributed by atoms with van der Waals surface area (Å²) in [5.41, 5.74) is 4.74. The van der Waals surface area contributed by atoms with E-state index < -0.39 is 12.1 Å². The van der Waals surface area contributed by atoms with Crippen molar-refractivity contribution in [1.29, 1.82) is 0 Å². The van der Waals surface area contributed by atoms with E-state index in [0.29, 0.717) is 36.0 Å². The smallest absolute Gasteiger partial charge is 0.321 e. The van der Waals surface area contributed by atoms with Crippen LogP contribution in [0.5, 0.6) is 11.5 Å². The first kappa shape index (κ1) is 31.9. The molecule has 238 valence electrons. The van der Waals surface area contributed by atoms with Crippen molar-refractivity contribution >= 4 is 28.5 Å². The molecule has 0 radical (unpaired) electrons. The molecule has 0 spiro atoms. The molecule has 2 N–H and O–H groups in total. The second-order valence-corrected chi connectivity index (χ2v) is 11.6. The summed E-state index contributed by atoms with van der Waals surface area (Å²) in [7, 11) is 6.73. The highest BCUT2D eigenvalue weighted by molar-refractivity contribution is 6.10. The average Bonchev–Trinajstić information content (AvgIpc) is 3.35. The van der Waals surface area contributed by atoms with E-state index in [9.17, 15) is 14.7 Å². The van der Waals surface area contributed by atoms with Crippen molar-refractivity contribution in [1.82, 2.24) is 14.4 Å². The zero-order valence-corrected chi connectivity index (χ0v) is 26.7. The summed E-state index contributed by atoms with van der Waals surface area (Å²) in [5.74, 6) is 0.748. The van der Waals surface area contributed by atoms with Crippen LogP contribution < -0.4 is 14.8 Å². The second kappa shape index (κ2) is 13.6. The lowest BCUT2D eigenvalue weighted by Crippen LogP contribution is -2.48. The summed E-state index contributed by atoms with van der Waals surface area (Å²) in [5, 5.41) is 14.1. The summed E-state index contributed by atoms with van der Waals surface area (Å²) < 4.78 is 19.3. The number of aryl methyl sites for hydroxylation is 1. The third-order valence-electron chi connectivity index (χ3n) is 8.68. The molecule has 0 aliphatic carbocycles. The van der Waals surface area contributed by atoms with Gasteiger partial charge in [0.15, 0.2) is 0 Å². The summed E-state index contributed by atoms with van der Waals surface area (Å²) in [4.78, 5) is 31.2. The zero-order chi connectivity index (χ0) is 32.2. The Bertz CT molecular complexity index is 1680. The molecular weight excluding hydrogens is 572 g/mol. The Balaban J connectivity index is 1.50. The number of aromatic nitrogens is 1. The molecule has 10 heteroatoms. The molecule has 0 saturated heterocycles. The van der Waals surface area contributed by atoms with Gasteiger partial charge in [-0.3, -0.25) is 4.79 Å². The molecule has 4 aromatic rings. The topological polar surface area (TPSA) is 106 Å². The van der Waals surface area contributed by atoms with Gasteiger partial charge in [-0.15, -0.1) is 0 Å². The summed E-state index contributed by atoms with van der Waals surface area (Å²) in [6.07, 6.45) is -0.425. The molecule has 0 bridgehead atoms. The van der Waals surface area contributed by atoms with Gasteiger partial charge in [0.25, 0.3) is 5.91 Å². The number of likely N-dealkylation sites (N-methyl/N-ethyl adjacent to an activating group) is 1. The first-order chi connectivity index (χ1) is 21.7. The van der Waals surface area contributed by atoms with E-state index in [1.165, 1.54) is 7.11 Å². The van der Waals surface area contributed by atoms with Crippen molar-refractivity contribution in [2.45, 2.75) is 32.6 Å². The molecule has 45 heavy (non-hydrogen) atoms. The van der Waals surface area contributed by atoms with Gasteiger partial charge in [0.05, 0.1) is 45.3 Å². The fourth-order valence-electron chi connectivity index (χ4n) is 5.99. The van der Waals surface area contributed by atoms with Crippen LogP contribution in [0.3, 0.4) is 0 Å². The normalized spacial score (nSPS) is 17.6. The second-order valence-electron chi connectivity index (χ2n) is 11.6. The van der Waals surface area contributed by atoms with E-state index in [-0.39, 0.29) is 31.0 Å². The number of nitrogens with zero attached hydrogens (tertiary/aromatic N) is 3. The fourth-order valence-corrected chi connectivity index (χ4v) is 5.99. The molecule has 0 saturated carbocycles. The Morgan fingerprint density at radius 1 is 1.11 bits per heavy atom. The minimum atomic E-state index is -0.439. The number of carbonyl (C=O) groups is 2. The van der Waals surface area contributed by atoms with Crippen LogP contribution >= 0.6 is 0 Å². The SMILES string of the molecule is COc1ccc(NC(=O)N(C)C[C@H]2OCc3ccccc3-c3c(n(C)c4ccccc34)C(=O)N([C@H](C)CO)C[C@H]2C)c(OC)c1. The number of amides is 3. The molecule has 10 nitrogen and oxygen atoms in total. The van der Waals surface area contributed by atoms with Gasteiger partial charge in [-0.2, -0.15) is 0 Å². The van der Waals surface area contributed by atoms with Gasteiger partial charge in [0.2, 0.25) is 0 Å². The number of urea groups is 1. The average molecular weight is 615 g/mol. The maximum absolute atomic E-state index is 14.5. The first-order valence-electron chi connectivity index (χ1n) is 15.1. The number of rotatable bonds is 7. The molecule has 2 heterocycles. The number of carbonyl (C=O) groups excluding carboxylic acids is 2. The number of para-hydroxylation sites is 1. The fraction of sp³-hybridized carbons (Fsp3) is 0.371. The third-order valence-corrected chi connectivity index (χ3v) is 8.68. The van der Waals surface area contributed by atoms with Crippen molar-refractivity contribution < 1.29 is 28.9 Å². The summed E-state index contributed by atoms with van der Waals surface area (Å²) >= 11 is 0. The number of hydrogen-bond acceptors (Lipinski definition) is 6. The maximum Gasteiger partial charge on any atom is 0.321 e. The van der Waals surface area contributed by atoms with Gasteiger partial charge < -0.3 is 39.0 Å². The van der Waals surface area contributed by atoms with Crippen LogP contribution in [0.2, 0.25) is 0 Å². The lowest BCUT2D eigenvalue weighted by molar-refractivity contribution is -0.0179. The Labute approximate surface area is 264 Å². The number of nitrogens with one attached hydrogen (secondary N) is 1. The molecule has 1 aliphatic heterocycles. The van der Waals surface area contributed by atoms with Crippen LogP contribution in [0.15, 0.2) is 66.7 Å². The summed E-state index contributed by atoms with van der Waals surface area (Å²) in [6, 6.07) is 20.4. The van der Waals surface area contributed by atoms with Crippen LogP contribution in [0, 0.1) is 5.92 Å². The lowest BCUT2D eigenvalue weighted by atomic mass is 9.96. The molecule has 3 aromatic carbocycles. The predicted octanol–water partition coefficient (Wildman–Crippen LogP) is 5.38. The van der Waals surface area contributed by atoms with Crippen molar-refractivity contribution in [3.05, 3.63) is 78.0 Å². The van der Waals surface area contributed by atoms with E-state index >= 15 is 0 Å². The van der Waals surface area contributed by atoms with E-state index in [1.807, 2.05) is 74.0 Å². The number of anilines is 1. The van der Waals surface area contributed by atoms with Crippen LogP contribution in [-0.2, 0) is 18.4 Å². The molecule has 1 aliphatic rings. The minimum absolute atomic E-state index is 0.162. The van der Waals surface area contributed by atoms with E-state index in [1.54, 1.807) is 42.2 Å². The van der Waals surface area contributed by atoms with Gasteiger partial charge in [-0.25, -0.2) is 4.79 Å². The minimum Gasteiger partial charge on any atom is -0.497 e. The quantitative estimate of drug-likeness (QED) is 0.290. The standard InChI is InChI=1S/C35H42N4O6/c1-22-18-39(23(2)20-40)34(41)33-32(27-13-9-10-14-29(27)38(33)4)26-12-8-7-11-24(26)21-45-31(22)19-37(3)35(42)36-28-16-15-25(43-5)17-30(28)44-6/h7-17,22-23,31,40H,18-21H2,1-6H3,(H,36,42)/t22-,23-,31-/m1/s1. The largest absolute Gasteiger partial charge is 0.497 e. The van der Waals surface area contributed by atoms with E-state index in [0.717, 1.165) is 27.6 Å².